The third-order valence-corrected chi connectivity index (χ3v) is 5.01. The Balaban J connectivity index is 1.82. The Labute approximate surface area is 115 Å². The Hall–Kier alpha value is -1.25. The zero-order valence-corrected chi connectivity index (χ0v) is 11.9. The van der Waals surface area contributed by atoms with E-state index in [9.17, 15) is 0 Å². The molecule has 18 heavy (non-hydrogen) atoms. The lowest BCUT2D eigenvalue weighted by atomic mass is 10.4. The molecule has 5 nitrogen and oxygen atoms in total. The number of hydrogen-bond donors (Lipinski definition) is 1. The van der Waals surface area contributed by atoms with Gasteiger partial charge >= 0.3 is 0 Å². The first-order chi connectivity index (χ1) is 8.72. The summed E-state index contributed by atoms with van der Waals surface area (Å²) in [5, 5.41) is 11.9. The minimum atomic E-state index is 0.547. The van der Waals surface area contributed by atoms with Crippen molar-refractivity contribution in [1.29, 1.82) is 0 Å². The molecule has 92 valence electrons. The van der Waals surface area contributed by atoms with Crippen molar-refractivity contribution in [3.8, 4) is 0 Å². The fraction of sp³-hybridized carbons (Fsp3) is 0.200. The van der Waals surface area contributed by atoms with Gasteiger partial charge in [0.05, 0.1) is 11.1 Å². The van der Waals surface area contributed by atoms with Gasteiger partial charge in [-0.3, -0.25) is 0 Å². The summed E-state index contributed by atoms with van der Waals surface area (Å²) in [6.45, 7) is 1.94. The largest absolute Gasteiger partial charge is 0.383 e. The molecule has 3 aromatic heterocycles. The molecule has 0 saturated carbocycles. The van der Waals surface area contributed by atoms with Gasteiger partial charge in [-0.05, 0) is 18.4 Å². The van der Waals surface area contributed by atoms with E-state index in [0.29, 0.717) is 11.6 Å². The van der Waals surface area contributed by atoms with Crippen LogP contribution in [0.15, 0.2) is 15.8 Å². The average Bonchev–Trinajstić information content (AvgIpc) is 2.95. The summed E-state index contributed by atoms with van der Waals surface area (Å²) in [5.74, 6) is 1.94. The van der Waals surface area contributed by atoms with Gasteiger partial charge in [0.2, 0.25) is 0 Å². The molecule has 0 unspecified atom stereocenters. The third-order valence-electron chi connectivity index (χ3n) is 2.23. The smallest absolute Gasteiger partial charge is 0.174 e. The standard InChI is InChI=1S/C10H9N5S3/c1-5-14-15-10(18-5)17-4-7-12-8(11)6-2-3-16-9(6)13-7/h2-3H,4H2,1H3,(H2,11,12,13). The first-order valence-electron chi connectivity index (χ1n) is 5.15. The third kappa shape index (κ3) is 2.31. The van der Waals surface area contributed by atoms with Crippen LogP contribution in [0.2, 0.25) is 0 Å². The zero-order valence-electron chi connectivity index (χ0n) is 9.45. The molecule has 0 aliphatic carbocycles. The van der Waals surface area contributed by atoms with E-state index < -0.39 is 0 Å². The summed E-state index contributed by atoms with van der Waals surface area (Å²) in [7, 11) is 0. The second kappa shape index (κ2) is 4.79. The van der Waals surface area contributed by atoms with E-state index in [4.69, 9.17) is 5.73 Å². The Bertz CT molecular complexity index is 690. The fourth-order valence-corrected chi connectivity index (χ4v) is 3.91. The van der Waals surface area contributed by atoms with Gasteiger partial charge in [0.1, 0.15) is 21.5 Å². The molecule has 0 aliphatic heterocycles. The van der Waals surface area contributed by atoms with Gasteiger partial charge < -0.3 is 5.73 Å². The number of fused-ring (bicyclic) bond motifs is 1. The molecule has 0 bridgehead atoms. The first kappa shape index (κ1) is 11.8. The monoisotopic (exact) mass is 295 g/mol. The molecule has 0 saturated heterocycles. The highest BCUT2D eigenvalue weighted by Gasteiger charge is 2.08. The maximum Gasteiger partial charge on any atom is 0.174 e. The number of nitrogen functional groups attached to an aromatic ring is 1. The highest BCUT2D eigenvalue weighted by molar-refractivity contribution is 8.00. The van der Waals surface area contributed by atoms with Crippen molar-refractivity contribution in [1.82, 2.24) is 20.2 Å². The quantitative estimate of drug-likeness (QED) is 0.749. The van der Waals surface area contributed by atoms with E-state index in [-0.39, 0.29) is 0 Å². The van der Waals surface area contributed by atoms with Crippen molar-refractivity contribution < 1.29 is 0 Å². The van der Waals surface area contributed by atoms with E-state index in [2.05, 4.69) is 20.2 Å². The molecule has 0 fully saturated rings. The van der Waals surface area contributed by atoms with E-state index in [1.807, 2.05) is 18.4 Å². The predicted molar refractivity (Wildman–Crippen MR) is 76.0 cm³/mol. The molecule has 0 atom stereocenters. The molecule has 0 spiro atoms. The van der Waals surface area contributed by atoms with Crippen LogP contribution in [0.5, 0.6) is 0 Å². The summed E-state index contributed by atoms with van der Waals surface area (Å²) in [6.07, 6.45) is 0. The number of thiophene rings is 1. The van der Waals surface area contributed by atoms with Crippen LogP contribution in [0, 0.1) is 6.92 Å². The maximum absolute atomic E-state index is 5.90. The number of hydrogen-bond acceptors (Lipinski definition) is 8. The van der Waals surface area contributed by atoms with Crippen molar-refractivity contribution >= 4 is 50.5 Å². The van der Waals surface area contributed by atoms with Gasteiger partial charge in [0.25, 0.3) is 0 Å². The van der Waals surface area contributed by atoms with E-state index in [1.54, 1.807) is 34.4 Å². The maximum atomic E-state index is 5.90. The number of nitrogens with zero attached hydrogens (tertiary/aromatic N) is 4. The molecule has 2 N–H and O–H groups in total. The van der Waals surface area contributed by atoms with Crippen molar-refractivity contribution in [3.63, 3.8) is 0 Å². The summed E-state index contributed by atoms with van der Waals surface area (Å²) in [4.78, 5) is 9.72. The van der Waals surface area contributed by atoms with Crippen LogP contribution in [0.4, 0.5) is 5.82 Å². The summed E-state index contributed by atoms with van der Waals surface area (Å²) in [6, 6.07) is 1.94. The molecular formula is C10H9N5S3. The molecule has 3 rings (SSSR count). The molecule has 0 amide bonds. The normalized spacial score (nSPS) is 11.2. The highest BCUT2D eigenvalue weighted by Crippen LogP contribution is 2.27. The van der Waals surface area contributed by atoms with Crippen molar-refractivity contribution in [3.05, 3.63) is 22.3 Å². The Morgan fingerprint density at radius 2 is 2.22 bits per heavy atom. The summed E-state index contributed by atoms with van der Waals surface area (Å²) >= 11 is 4.73. The van der Waals surface area contributed by atoms with Crippen LogP contribution in [-0.2, 0) is 5.75 Å². The molecule has 3 heterocycles. The Morgan fingerprint density at radius 1 is 1.33 bits per heavy atom. The number of thioether (sulfide) groups is 1. The Morgan fingerprint density at radius 3 is 3.00 bits per heavy atom. The molecule has 3 aromatic rings. The van der Waals surface area contributed by atoms with Crippen molar-refractivity contribution in [2.75, 3.05) is 5.73 Å². The lowest BCUT2D eigenvalue weighted by molar-refractivity contribution is 0.981. The molecular weight excluding hydrogens is 286 g/mol. The van der Waals surface area contributed by atoms with Gasteiger partial charge in [-0.25, -0.2) is 9.97 Å². The SMILES string of the molecule is Cc1nnc(SCc2nc(N)c3ccsc3n2)s1. The number of aryl methyl sites for hydroxylation is 1. The number of anilines is 1. The second-order valence-electron chi connectivity index (χ2n) is 3.54. The Kier molecular flexibility index (Phi) is 3.14. The van der Waals surface area contributed by atoms with E-state index in [1.165, 1.54) is 0 Å². The number of nitrogens with two attached hydrogens (primary N) is 1. The van der Waals surface area contributed by atoms with Gasteiger partial charge in [-0.1, -0.05) is 23.1 Å². The predicted octanol–water partition coefficient (Wildman–Crippen LogP) is 2.73. The first-order valence-corrected chi connectivity index (χ1v) is 7.83. The fourth-order valence-electron chi connectivity index (χ4n) is 1.45. The molecule has 0 aliphatic rings. The van der Waals surface area contributed by atoms with Gasteiger partial charge in [0, 0.05) is 0 Å². The number of rotatable bonds is 3. The van der Waals surface area contributed by atoms with Gasteiger partial charge in [-0.2, -0.15) is 0 Å². The number of aromatic nitrogens is 4. The van der Waals surface area contributed by atoms with Crippen molar-refractivity contribution in [2.24, 2.45) is 0 Å². The van der Waals surface area contributed by atoms with Crippen LogP contribution in [0.3, 0.4) is 0 Å². The van der Waals surface area contributed by atoms with Crippen LogP contribution in [-0.4, -0.2) is 20.2 Å². The second-order valence-corrected chi connectivity index (χ2v) is 6.84. The lowest BCUT2D eigenvalue weighted by Crippen LogP contribution is -1.98. The molecule has 0 radical (unpaired) electrons. The summed E-state index contributed by atoms with van der Waals surface area (Å²) < 4.78 is 0.931. The van der Waals surface area contributed by atoms with Gasteiger partial charge in [0.15, 0.2) is 4.34 Å². The zero-order chi connectivity index (χ0) is 12.5. The van der Waals surface area contributed by atoms with Crippen molar-refractivity contribution in [2.45, 2.75) is 17.0 Å². The van der Waals surface area contributed by atoms with Gasteiger partial charge in [-0.15, -0.1) is 21.5 Å². The minimum absolute atomic E-state index is 0.547. The topological polar surface area (TPSA) is 77.6 Å². The van der Waals surface area contributed by atoms with Crippen LogP contribution in [0.25, 0.3) is 10.2 Å². The van der Waals surface area contributed by atoms with Crippen LogP contribution < -0.4 is 5.73 Å². The summed E-state index contributed by atoms with van der Waals surface area (Å²) in [5.41, 5.74) is 5.90. The molecule has 0 aromatic carbocycles. The molecule has 8 heteroatoms. The lowest BCUT2D eigenvalue weighted by Gasteiger charge is -2.00. The minimum Gasteiger partial charge on any atom is -0.383 e. The van der Waals surface area contributed by atoms with E-state index in [0.717, 1.165) is 25.4 Å². The van der Waals surface area contributed by atoms with Crippen LogP contribution in [0.1, 0.15) is 10.8 Å². The van der Waals surface area contributed by atoms with E-state index >= 15 is 0 Å². The highest BCUT2D eigenvalue weighted by atomic mass is 32.2. The average molecular weight is 295 g/mol. The van der Waals surface area contributed by atoms with Crippen LogP contribution >= 0.6 is 34.4 Å².